The molecule has 1 aliphatic heterocycles. The van der Waals surface area contributed by atoms with Crippen LogP contribution in [0.5, 0.6) is 5.75 Å². The highest BCUT2D eigenvalue weighted by Crippen LogP contribution is 2.42. The Morgan fingerprint density at radius 1 is 1.35 bits per heavy atom. The van der Waals surface area contributed by atoms with Crippen molar-refractivity contribution in [1.82, 2.24) is 10.0 Å². The number of methoxy groups -OCH3 is 1. The van der Waals surface area contributed by atoms with Crippen LogP contribution in [0, 0.1) is 0 Å². The lowest BCUT2D eigenvalue weighted by Gasteiger charge is -2.32. The van der Waals surface area contributed by atoms with Crippen LogP contribution in [0.2, 0.25) is 10.0 Å². The van der Waals surface area contributed by atoms with Crippen LogP contribution in [0.3, 0.4) is 0 Å². The van der Waals surface area contributed by atoms with Gasteiger partial charge in [0.25, 0.3) is 0 Å². The molecule has 1 aliphatic carbocycles. The van der Waals surface area contributed by atoms with Crippen LogP contribution in [-0.4, -0.2) is 36.0 Å². The van der Waals surface area contributed by atoms with Gasteiger partial charge in [-0.1, -0.05) is 23.2 Å². The SMILES string of the molecule is COc1ccc(Cl)c(Cl)c1C1CCNC(CN[S+]([O-])C2CC2)C1. The van der Waals surface area contributed by atoms with Crippen LogP contribution >= 0.6 is 23.2 Å². The standard InChI is InChI=1S/C16H22Cl2N2O2S/c1-22-14-5-4-13(17)16(18)15(14)10-6-7-19-11(8-10)9-20-23(21)12-2-3-12/h4-5,10-12,19-20H,2-3,6-9H2,1H3. The van der Waals surface area contributed by atoms with E-state index in [1.165, 1.54) is 0 Å². The predicted molar refractivity (Wildman–Crippen MR) is 95.9 cm³/mol. The van der Waals surface area contributed by atoms with Gasteiger partial charge in [-0.2, -0.15) is 0 Å². The van der Waals surface area contributed by atoms with Crippen molar-refractivity contribution in [3.8, 4) is 5.75 Å². The Balaban J connectivity index is 1.67. The van der Waals surface area contributed by atoms with Crippen molar-refractivity contribution in [3.05, 3.63) is 27.7 Å². The predicted octanol–water partition coefficient (Wildman–Crippen LogP) is 3.25. The van der Waals surface area contributed by atoms with Crippen LogP contribution < -0.4 is 14.8 Å². The summed E-state index contributed by atoms with van der Waals surface area (Å²) in [5.41, 5.74) is 0.997. The van der Waals surface area contributed by atoms with E-state index in [0.29, 0.717) is 27.8 Å². The molecule has 2 fully saturated rings. The van der Waals surface area contributed by atoms with Gasteiger partial charge in [0.1, 0.15) is 11.0 Å². The van der Waals surface area contributed by atoms with E-state index in [0.717, 1.165) is 43.5 Å². The van der Waals surface area contributed by atoms with E-state index in [2.05, 4.69) is 10.0 Å². The highest BCUT2D eigenvalue weighted by Gasteiger charge is 2.35. The van der Waals surface area contributed by atoms with Crippen molar-refractivity contribution in [2.75, 3.05) is 20.2 Å². The third-order valence-corrected chi connectivity index (χ3v) is 6.86. The summed E-state index contributed by atoms with van der Waals surface area (Å²) in [6.07, 6.45) is 4.06. The second-order valence-electron chi connectivity index (χ2n) is 6.19. The smallest absolute Gasteiger partial charge is 0.135 e. The maximum Gasteiger partial charge on any atom is 0.135 e. The molecule has 0 aromatic heterocycles. The monoisotopic (exact) mass is 376 g/mol. The van der Waals surface area contributed by atoms with E-state index >= 15 is 0 Å². The third kappa shape index (κ3) is 4.27. The molecule has 3 unspecified atom stereocenters. The molecule has 2 N–H and O–H groups in total. The van der Waals surface area contributed by atoms with Crippen LogP contribution in [-0.2, 0) is 11.4 Å². The van der Waals surface area contributed by atoms with Gasteiger partial charge in [-0.15, -0.1) is 4.72 Å². The molecular formula is C16H22Cl2N2O2S. The molecule has 3 atom stereocenters. The minimum Gasteiger partial charge on any atom is -0.598 e. The lowest BCUT2D eigenvalue weighted by atomic mass is 9.86. The van der Waals surface area contributed by atoms with E-state index in [9.17, 15) is 4.55 Å². The number of halogens is 2. The third-order valence-electron chi connectivity index (χ3n) is 4.51. The lowest BCUT2D eigenvalue weighted by Crippen LogP contribution is -2.46. The number of ether oxygens (including phenoxy) is 1. The number of hydrogen-bond donors (Lipinski definition) is 2. The zero-order valence-electron chi connectivity index (χ0n) is 13.1. The maximum absolute atomic E-state index is 11.9. The van der Waals surface area contributed by atoms with Crippen LogP contribution in [0.15, 0.2) is 12.1 Å². The van der Waals surface area contributed by atoms with E-state index in [1.54, 1.807) is 13.2 Å². The summed E-state index contributed by atoms with van der Waals surface area (Å²) in [6, 6.07) is 3.92. The van der Waals surface area contributed by atoms with Gasteiger partial charge in [-0.25, -0.2) is 0 Å². The van der Waals surface area contributed by atoms with Gasteiger partial charge in [-0.05, 0) is 37.4 Å². The molecule has 1 saturated heterocycles. The van der Waals surface area contributed by atoms with Gasteiger partial charge in [0.15, 0.2) is 0 Å². The molecule has 1 aromatic carbocycles. The van der Waals surface area contributed by atoms with Gasteiger partial charge in [0.05, 0.1) is 23.7 Å². The van der Waals surface area contributed by atoms with Crippen molar-refractivity contribution in [1.29, 1.82) is 0 Å². The van der Waals surface area contributed by atoms with Crippen LogP contribution in [0.4, 0.5) is 0 Å². The molecule has 0 amide bonds. The summed E-state index contributed by atoms with van der Waals surface area (Å²) in [4.78, 5) is 0. The molecule has 0 radical (unpaired) electrons. The number of benzene rings is 1. The molecule has 2 aliphatic rings. The molecule has 7 heteroatoms. The molecule has 1 aromatic rings. The molecule has 128 valence electrons. The highest BCUT2D eigenvalue weighted by molar-refractivity contribution is 7.90. The Kier molecular flexibility index (Phi) is 5.99. The first-order valence-corrected chi connectivity index (χ1v) is 9.96. The summed E-state index contributed by atoms with van der Waals surface area (Å²) in [5, 5.41) is 5.00. The Labute approximate surface area is 150 Å². The normalized spacial score (nSPS) is 26.1. The largest absolute Gasteiger partial charge is 0.598 e. The lowest BCUT2D eigenvalue weighted by molar-refractivity contribution is 0.346. The molecule has 0 spiro atoms. The Morgan fingerprint density at radius 3 is 2.83 bits per heavy atom. The topological polar surface area (TPSA) is 56.3 Å². The molecule has 4 nitrogen and oxygen atoms in total. The second-order valence-corrected chi connectivity index (χ2v) is 8.53. The number of rotatable bonds is 6. The molecule has 3 rings (SSSR count). The maximum atomic E-state index is 11.9. The van der Waals surface area contributed by atoms with E-state index in [-0.39, 0.29) is 6.04 Å². The minimum absolute atomic E-state index is 0.274. The van der Waals surface area contributed by atoms with Crippen LogP contribution in [0.1, 0.15) is 37.2 Å². The fraction of sp³-hybridized carbons (Fsp3) is 0.625. The molecule has 1 heterocycles. The fourth-order valence-electron chi connectivity index (χ4n) is 3.11. The van der Waals surface area contributed by atoms with E-state index in [4.69, 9.17) is 27.9 Å². The minimum atomic E-state index is -0.894. The average Bonchev–Trinajstić information content (AvgIpc) is 3.40. The zero-order valence-corrected chi connectivity index (χ0v) is 15.4. The molecular weight excluding hydrogens is 355 g/mol. The average molecular weight is 377 g/mol. The Morgan fingerprint density at radius 2 is 2.13 bits per heavy atom. The summed E-state index contributed by atoms with van der Waals surface area (Å²) in [6.45, 7) is 1.61. The number of hydrogen-bond acceptors (Lipinski definition) is 4. The summed E-state index contributed by atoms with van der Waals surface area (Å²) in [7, 11) is 1.65. The van der Waals surface area contributed by atoms with Gasteiger partial charge in [0.2, 0.25) is 0 Å². The van der Waals surface area contributed by atoms with Crippen molar-refractivity contribution >= 4 is 34.6 Å². The Hall–Kier alpha value is -0.170. The summed E-state index contributed by atoms with van der Waals surface area (Å²) in [5.74, 6) is 1.08. The van der Waals surface area contributed by atoms with Crippen molar-refractivity contribution in [2.24, 2.45) is 0 Å². The molecule has 0 bridgehead atoms. The zero-order chi connectivity index (χ0) is 16.4. The van der Waals surface area contributed by atoms with Gasteiger partial charge < -0.3 is 14.6 Å². The summed E-state index contributed by atoms with van der Waals surface area (Å²) >= 11 is 11.7. The van der Waals surface area contributed by atoms with E-state index in [1.807, 2.05) is 6.07 Å². The molecule has 1 saturated carbocycles. The molecule has 23 heavy (non-hydrogen) atoms. The van der Waals surface area contributed by atoms with Gasteiger partial charge >= 0.3 is 0 Å². The first kappa shape index (κ1) is 17.6. The second kappa shape index (κ2) is 7.81. The number of nitrogens with one attached hydrogen (secondary N) is 2. The fourth-order valence-corrected chi connectivity index (χ4v) is 4.75. The number of piperidine rings is 1. The first-order chi connectivity index (χ1) is 11.1. The summed E-state index contributed by atoms with van der Waals surface area (Å²) < 4.78 is 20.6. The van der Waals surface area contributed by atoms with Gasteiger partial charge in [-0.3, -0.25) is 0 Å². The quantitative estimate of drug-likeness (QED) is 0.748. The van der Waals surface area contributed by atoms with Gasteiger partial charge in [0, 0.05) is 35.8 Å². The van der Waals surface area contributed by atoms with Crippen molar-refractivity contribution in [2.45, 2.75) is 42.9 Å². The van der Waals surface area contributed by atoms with Crippen molar-refractivity contribution in [3.63, 3.8) is 0 Å². The highest BCUT2D eigenvalue weighted by atomic mass is 35.5. The Bertz CT molecular complexity index is 557. The van der Waals surface area contributed by atoms with E-state index < -0.39 is 11.4 Å². The van der Waals surface area contributed by atoms with Crippen LogP contribution in [0.25, 0.3) is 0 Å². The van der Waals surface area contributed by atoms with Crippen molar-refractivity contribution < 1.29 is 9.29 Å². The first-order valence-electron chi connectivity index (χ1n) is 7.99.